The molecule has 2 atom stereocenters. The Kier molecular flexibility index (Phi) is 4.96. The van der Waals surface area contributed by atoms with Crippen LogP contribution in [0.2, 0.25) is 0 Å². The lowest BCUT2D eigenvalue weighted by atomic mass is 10.1. The summed E-state index contributed by atoms with van der Waals surface area (Å²) in [5.41, 5.74) is 0.396. The molecule has 1 N–H and O–H groups in total. The molecule has 3 rings (SSSR count). The van der Waals surface area contributed by atoms with Crippen molar-refractivity contribution in [2.24, 2.45) is 0 Å². The fraction of sp³-hybridized carbons (Fsp3) is 0.389. The van der Waals surface area contributed by atoms with Gasteiger partial charge >= 0.3 is 0 Å². The Balaban J connectivity index is 1.82. The van der Waals surface area contributed by atoms with E-state index in [1.54, 1.807) is 41.3 Å². The van der Waals surface area contributed by atoms with Gasteiger partial charge in [0.15, 0.2) is 15.6 Å². The third kappa shape index (κ3) is 3.93. The van der Waals surface area contributed by atoms with Gasteiger partial charge in [0.2, 0.25) is 0 Å². The summed E-state index contributed by atoms with van der Waals surface area (Å²) in [6, 6.07) is 10.1. The molecule has 0 radical (unpaired) electrons. The van der Waals surface area contributed by atoms with E-state index in [1.165, 1.54) is 6.26 Å². The standard InChI is InChI=1S/C18H22N2O4S/c1-13-10-20(11-14(2)19-13)18(21)17-15(8-9-24-17)12-25(22,23)16-6-4-3-5-7-16/h3-9,13-14,19H,10-12H2,1-2H3/t13-,14-/m0/s1. The SMILES string of the molecule is C[C@H]1CN(C(=O)c2occc2CS(=O)(=O)c2ccccc2)C[C@H](C)N1. The molecule has 1 saturated heterocycles. The highest BCUT2D eigenvalue weighted by Gasteiger charge is 2.30. The van der Waals surface area contributed by atoms with E-state index in [0.29, 0.717) is 18.7 Å². The first kappa shape index (κ1) is 17.7. The number of furan rings is 1. The van der Waals surface area contributed by atoms with Gasteiger partial charge in [0.25, 0.3) is 5.91 Å². The smallest absolute Gasteiger partial charge is 0.289 e. The number of piperazine rings is 1. The number of nitrogens with one attached hydrogen (secondary N) is 1. The molecule has 1 amide bonds. The van der Waals surface area contributed by atoms with Crippen LogP contribution >= 0.6 is 0 Å². The van der Waals surface area contributed by atoms with Crippen LogP contribution in [0.25, 0.3) is 0 Å². The summed E-state index contributed by atoms with van der Waals surface area (Å²) in [6.07, 6.45) is 1.37. The topological polar surface area (TPSA) is 79.6 Å². The Morgan fingerprint density at radius 2 is 1.80 bits per heavy atom. The Morgan fingerprint density at radius 1 is 1.16 bits per heavy atom. The minimum absolute atomic E-state index is 0.112. The molecule has 1 aromatic heterocycles. The maximum Gasteiger partial charge on any atom is 0.289 e. The van der Waals surface area contributed by atoms with Gasteiger partial charge in [-0.3, -0.25) is 4.79 Å². The average molecular weight is 362 g/mol. The van der Waals surface area contributed by atoms with Crippen molar-refractivity contribution in [3.8, 4) is 0 Å². The lowest BCUT2D eigenvalue weighted by Crippen LogP contribution is -2.55. The van der Waals surface area contributed by atoms with Crippen LogP contribution in [0.3, 0.4) is 0 Å². The van der Waals surface area contributed by atoms with Gasteiger partial charge in [-0.25, -0.2) is 8.42 Å². The summed E-state index contributed by atoms with van der Waals surface area (Å²) in [5, 5.41) is 3.36. The normalized spacial score (nSPS) is 21.3. The summed E-state index contributed by atoms with van der Waals surface area (Å²) in [6.45, 7) is 5.15. The van der Waals surface area contributed by atoms with E-state index in [9.17, 15) is 13.2 Å². The van der Waals surface area contributed by atoms with Gasteiger partial charge in [-0.2, -0.15) is 0 Å². The molecule has 1 aliphatic rings. The number of hydrogen-bond donors (Lipinski definition) is 1. The van der Waals surface area contributed by atoms with Crippen molar-refractivity contribution < 1.29 is 17.6 Å². The van der Waals surface area contributed by atoms with Crippen LogP contribution < -0.4 is 5.32 Å². The summed E-state index contributed by atoms with van der Waals surface area (Å²) < 4.78 is 30.5. The molecule has 2 heterocycles. The molecule has 0 spiro atoms. The van der Waals surface area contributed by atoms with Crippen molar-refractivity contribution in [1.82, 2.24) is 10.2 Å². The highest BCUT2D eigenvalue weighted by Crippen LogP contribution is 2.22. The quantitative estimate of drug-likeness (QED) is 0.901. The van der Waals surface area contributed by atoms with Gasteiger partial charge < -0.3 is 14.6 Å². The molecule has 7 heteroatoms. The Morgan fingerprint density at radius 3 is 2.44 bits per heavy atom. The van der Waals surface area contributed by atoms with Gasteiger partial charge in [-0.05, 0) is 32.0 Å². The second-order valence-corrected chi connectivity index (χ2v) is 8.52. The van der Waals surface area contributed by atoms with Crippen molar-refractivity contribution in [3.05, 3.63) is 54.0 Å². The van der Waals surface area contributed by atoms with E-state index in [-0.39, 0.29) is 34.4 Å². The Bertz CT molecular complexity index is 835. The summed E-state index contributed by atoms with van der Waals surface area (Å²) >= 11 is 0. The Labute approximate surface area is 147 Å². The first-order chi connectivity index (χ1) is 11.9. The van der Waals surface area contributed by atoms with Crippen LogP contribution in [0, 0.1) is 0 Å². The summed E-state index contributed by atoms with van der Waals surface area (Å²) in [4.78, 5) is 14.8. The lowest BCUT2D eigenvalue weighted by Gasteiger charge is -2.35. The third-order valence-corrected chi connectivity index (χ3v) is 5.92. The number of rotatable bonds is 4. The van der Waals surface area contributed by atoms with Crippen molar-refractivity contribution >= 4 is 15.7 Å². The van der Waals surface area contributed by atoms with Crippen LogP contribution in [0.1, 0.15) is 30.0 Å². The number of carbonyl (C=O) groups is 1. The second kappa shape index (κ2) is 7.01. The summed E-state index contributed by atoms with van der Waals surface area (Å²) in [7, 11) is -3.53. The number of sulfone groups is 1. The van der Waals surface area contributed by atoms with E-state index >= 15 is 0 Å². The minimum atomic E-state index is -3.53. The maximum absolute atomic E-state index is 12.8. The van der Waals surface area contributed by atoms with Gasteiger partial charge in [-0.1, -0.05) is 18.2 Å². The molecule has 2 aromatic rings. The molecule has 0 saturated carbocycles. The Hall–Kier alpha value is -2.12. The number of benzene rings is 1. The maximum atomic E-state index is 12.8. The second-order valence-electron chi connectivity index (χ2n) is 6.53. The zero-order valence-electron chi connectivity index (χ0n) is 14.3. The molecule has 6 nitrogen and oxygen atoms in total. The van der Waals surface area contributed by atoms with Gasteiger partial charge in [0.05, 0.1) is 16.9 Å². The fourth-order valence-electron chi connectivity index (χ4n) is 3.19. The van der Waals surface area contributed by atoms with Crippen LogP contribution in [-0.2, 0) is 15.6 Å². The lowest BCUT2D eigenvalue weighted by molar-refractivity contribution is 0.0640. The number of hydrogen-bond acceptors (Lipinski definition) is 5. The monoisotopic (exact) mass is 362 g/mol. The van der Waals surface area contributed by atoms with Crippen molar-refractivity contribution in [2.75, 3.05) is 13.1 Å². The van der Waals surface area contributed by atoms with E-state index in [0.717, 1.165) is 0 Å². The zero-order valence-corrected chi connectivity index (χ0v) is 15.1. The van der Waals surface area contributed by atoms with Crippen LogP contribution in [0.5, 0.6) is 0 Å². The highest BCUT2D eigenvalue weighted by atomic mass is 32.2. The number of carbonyl (C=O) groups excluding carboxylic acids is 1. The van der Waals surface area contributed by atoms with Crippen LogP contribution in [0.15, 0.2) is 52.0 Å². The van der Waals surface area contributed by atoms with E-state index in [1.807, 2.05) is 13.8 Å². The molecule has 1 aliphatic heterocycles. The predicted octanol–water partition coefficient (Wildman–Crippen LogP) is 2.08. The van der Waals surface area contributed by atoms with Crippen LogP contribution in [-0.4, -0.2) is 44.4 Å². The first-order valence-electron chi connectivity index (χ1n) is 8.26. The van der Waals surface area contributed by atoms with Gasteiger partial charge in [0.1, 0.15) is 0 Å². The molecule has 0 aliphatic carbocycles. The largest absolute Gasteiger partial charge is 0.459 e. The molecule has 25 heavy (non-hydrogen) atoms. The first-order valence-corrected chi connectivity index (χ1v) is 9.91. The van der Waals surface area contributed by atoms with E-state index in [2.05, 4.69) is 5.32 Å². The number of amides is 1. The third-order valence-electron chi connectivity index (χ3n) is 4.23. The average Bonchev–Trinajstić information content (AvgIpc) is 3.01. The van der Waals surface area contributed by atoms with Crippen molar-refractivity contribution in [1.29, 1.82) is 0 Å². The minimum Gasteiger partial charge on any atom is -0.459 e. The molecule has 134 valence electrons. The number of nitrogens with zero attached hydrogens (tertiary/aromatic N) is 1. The molecule has 0 bridgehead atoms. The predicted molar refractivity (Wildman–Crippen MR) is 94.0 cm³/mol. The molecular formula is C18H22N2O4S. The van der Waals surface area contributed by atoms with E-state index < -0.39 is 9.84 Å². The molecule has 1 fully saturated rings. The van der Waals surface area contributed by atoms with Gasteiger partial charge in [0, 0.05) is 30.7 Å². The fourth-order valence-corrected chi connectivity index (χ4v) is 4.56. The summed E-state index contributed by atoms with van der Waals surface area (Å²) in [5.74, 6) is -0.407. The van der Waals surface area contributed by atoms with Gasteiger partial charge in [-0.15, -0.1) is 0 Å². The van der Waals surface area contributed by atoms with Crippen LogP contribution in [0.4, 0.5) is 0 Å². The zero-order chi connectivity index (χ0) is 18.0. The molecular weight excluding hydrogens is 340 g/mol. The highest BCUT2D eigenvalue weighted by molar-refractivity contribution is 7.90. The van der Waals surface area contributed by atoms with E-state index in [4.69, 9.17) is 4.42 Å². The van der Waals surface area contributed by atoms with Crippen molar-refractivity contribution in [3.63, 3.8) is 0 Å². The molecule has 1 aromatic carbocycles. The van der Waals surface area contributed by atoms with Crippen molar-refractivity contribution in [2.45, 2.75) is 36.6 Å². The molecule has 0 unspecified atom stereocenters.